The van der Waals surface area contributed by atoms with Crippen molar-refractivity contribution in [3.63, 3.8) is 0 Å². The number of amides is 1. The van der Waals surface area contributed by atoms with Crippen LogP contribution >= 0.6 is 0 Å². The molecule has 3 aromatic rings. The third-order valence-electron chi connectivity index (χ3n) is 5.12. The second kappa shape index (κ2) is 10.9. The first-order valence-corrected chi connectivity index (χ1v) is 10.3. The lowest BCUT2D eigenvalue weighted by atomic mass is 10.0. The van der Waals surface area contributed by atoms with Crippen LogP contribution in [0.2, 0.25) is 0 Å². The molecule has 3 rings (SSSR count). The molecular weight excluding hydrogens is 420 g/mol. The van der Waals surface area contributed by atoms with Crippen molar-refractivity contribution in [2.75, 3.05) is 26.6 Å². The number of carbonyl (C=O) groups is 1. The van der Waals surface area contributed by atoms with E-state index in [0.29, 0.717) is 40.6 Å². The maximum Gasteiger partial charge on any atom is 0.247 e. The second-order valence-corrected chi connectivity index (χ2v) is 7.20. The minimum atomic E-state index is -0.799. The molecule has 33 heavy (non-hydrogen) atoms. The summed E-state index contributed by atoms with van der Waals surface area (Å²) >= 11 is 0. The number of amidine groups is 1. The molecule has 0 aliphatic heterocycles. The molecule has 1 amide bonds. The average Bonchev–Trinajstić information content (AvgIpc) is 2.85. The first kappa shape index (κ1) is 23.5. The van der Waals surface area contributed by atoms with E-state index in [4.69, 9.17) is 25.4 Å². The Bertz CT molecular complexity index is 1100. The molecule has 0 saturated heterocycles. The van der Waals surface area contributed by atoms with Gasteiger partial charge >= 0.3 is 0 Å². The van der Waals surface area contributed by atoms with Gasteiger partial charge in [-0.15, -0.1) is 0 Å². The van der Waals surface area contributed by atoms with Gasteiger partial charge in [0.2, 0.25) is 11.7 Å². The topological polar surface area (TPSA) is 119 Å². The van der Waals surface area contributed by atoms with E-state index in [1.807, 2.05) is 30.3 Å². The van der Waals surface area contributed by atoms with Gasteiger partial charge in [0.05, 0.1) is 21.3 Å². The van der Waals surface area contributed by atoms with Gasteiger partial charge in [-0.1, -0.05) is 30.3 Å². The van der Waals surface area contributed by atoms with Crippen molar-refractivity contribution in [2.24, 2.45) is 5.73 Å². The molecule has 8 nitrogen and oxygen atoms in total. The van der Waals surface area contributed by atoms with Crippen LogP contribution in [0.3, 0.4) is 0 Å². The van der Waals surface area contributed by atoms with Gasteiger partial charge in [-0.05, 0) is 42.0 Å². The van der Waals surface area contributed by atoms with Crippen LogP contribution in [0.5, 0.6) is 17.2 Å². The fourth-order valence-corrected chi connectivity index (χ4v) is 3.44. The van der Waals surface area contributed by atoms with Gasteiger partial charge in [-0.2, -0.15) is 0 Å². The van der Waals surface area contributed by atoms with Crippen LogP contribution in [-0.4, -0.2) is 33.1 Å². The van der Waals surface area contributed by atoms with Crippen LogP contribution < -0.4 is 30.6 Å². The lowest BCUT2D eigenvalue weighted by Crippen LogP contribution is -2.33. The molecule has 0 aliphatic carbocycles. The van der Waals surface area contributed by atoms with Crippen molar-refractivity contribution < 1.29 is 19.0 Å². The monoisotopic (exact) mass is 448 g/mol. The molecule has 8 heteroatoms. The molecule has 0 spiro atoms. The first-order chi connectivity index (χ1) is 16.0. The zero-order chi connectivity index (χ0) is 23.8. The van der Waals surface area contributed by atoms with Gasteiger partial charge in [0.1, 0.15) is 11.9 Å². The molecule has 0 radical (unpaired) electrons. The molecule has 0 heterocycles. The summed E-state index contributed by atoms with van der Waals surface area (Å²) in [5.41, 5.74) is 8.38. The van der Waals surface area contributed by atoms with E-state index in [0.717, 1.165) is 5.56 Å². The molecule has 0 bridgehead atoms. The number of nitrogens with one attached hydrogen (secondary N) is 3. The molecule has 3 aromatic carbocycles. The normalized spacial score (nSPS) is 11.2. The van der Waals surface area contributed by atoms with Crippen molar-refractivity contribution in [3.05, 3.63) is 83.4 Å². The highest BCUT2D eigenvalue weighted by Crippen LogP contribution is 2.42. The number of methoxy groups -OCH3 is 3. The van der Waals surface area contributed by atoms with Crippen LogP contribution in [0.15, 0.2) is 66.7 Å². The SMILES string of the molecule is COc1ccc([C@@H](Nc2ccc(C(=N)N)cc2)C(=O)NCc2ccccc2)c(OC)c1OC. The highest BCUT2D eigenvalue weighted by Gasteiger charge is 2.27. The van der Waals surface area contributed by atoms with Gasteiger partial charge in [-0.3, -0.25) is 10.2 Å². The van der Waals surface area contributed by atoms with E-state index >= 15 is 0 Å². The molecule has 0 saturated carbocycles. The predicted octanol–water partition coefficient (Wildman–Crippen LogP) is 3.47. The summed E-state index contributed by atoms with van der Waals surface area (Å²) in [5.74, 6) is 1.00. The van der Waals surface area contributed by atoms with E-state index in [9.17, 15) is 4.79 Å². The van der Waals surface area contributed by atoms with Crippen LogP contribution in [0.4, 0.5) is 5.69 Å². The smallest absolute Gasteiger partial charge is 0.247 e. The Kier molecular flexibility index (Phi) is 7.75. The lowest BCUT2D eigenvalue weighted by molar-refractivity contribution is -0.122. The number of hydrogen-bond donors (Lipinski definition) is 4. The van der Waals surface area contributed by atoms with Gasteiger partial charge in [-0.25, -0.2) is 0 Å². The molecule has 0 unspecified atom stereocenters. The Balaban J connectivity index is 1.97. The number of carbonyl (C=O) groups excluding carboxylic acids is 1. The number of nitrogen functional groups attached to an aromatic ring is 1. The van der Waals surface area contributed by atoms with Crippen LogP contribution in [0, 0.1) is 5.41 Å². The molecular formula is C25H28N4O4. The molecule has 5 N–H and O–H groups in total. The fourth-order valence-electron chi connectivity index (χ4n) is 3.44. The summed E-state index contributed by atoms with van der Waals surface area (Å²) in [5, 5.41) is 13.8. The van der Waals surface area contributed by atoms with Crippen molar-refractivity contribution >= 4 is 17.4 Å². The molecule has 0 fully saturated rings. The van der Waals surface area contributed by atoms with E-state index in [-0.39, 0.29) is 11.7 Å². The summed E-state index contributed by atoms with van der Waals surface area (Å²) in [6.07, 6.45) is 0. The van der Waals surface area contributed by atoms with Gasteiger partial charge in [0.15, 0.2) is 11.5 Å². The molecule has 172 valence electrons. The lowest BCUT2D eigenvalue weighted by Gasteiger charge is -2.24. The Hall–Kier alpha value is -4.20. The van der Waals surface area contributed by atoms with Gasteiger partial charge in [0.25, 0.3) is 0 Å². The largest absolute Gasteiger partial charge is 0.493 e. The Morgan fingerprint density at radius 3 is 2.15 bits per heavy atom. The first-order valence-electron chi connectivity index (χ1n) is 10.3. The van der Waals surface area contributed by atoms with Crippen LogP contribution in [0.25, 0.3) is 0 Å². The summed E-state index contributed by atoms with van der Waals surface area (Å²) in [7, 11) is 4.57. The minimum absolute atomic E-state index is 0.0275. The summed E-state index contributed by atoms with van der Waals surface area (Å²) in [4.78, 5) is 13.4. The predicted molar refractivity (Wildman–Crippen MR) is 128 cm³/mol. The average molecular weight is 449 g/mol. The van der Waals surface area contributed by atoms with Crippen molar-refractivity contribution in [1.82, 2.24) is 5.32 Å². The molecule has 1 atom stereocenters. The number of nitrogens with two attached hydrogens (primary N) is 1. The van der Waals surface area contributed by atoms with Gasteiger partial charge in [0, 0.05) is 23.4 Å². The highest BCUT2D eigenvalue weighted by atomic mass is 16.5. The van der Waals surface area contributed by atoms with E-state index in [1.54, 1.807) is 36.4 Å². The van der Waals surface area contributed by atoms with E-state index in [2.05, 4.69) is 10.6 Å². The zero-order valence-electron chi connectivity index (χ0n) is 18.8. The van der Waals surface area contributed by atoms with Crippen molar-refractivity contribution in [1.29, 1.82) is 5.41 Å². The summed E-state index contributed by atoms with van der Waals surface area (Å²) in [6.45, 7) is 0.372. The Morgan fingerprint density at radius 2 is 1.58 bits per heavy atom. The second-order valence-electron chi connectivity index (χ2n) is 7.20. The van der Waals surface area contributed by atoms with E-state index < -0.39 is 6.04 Å². The molecule has 0 aliphatic rings. The van der Waals surface area contributed by atoms with Gasteiger partial charge < -0.3 is 30.6 Å². The Labute approximate surface area is 193 Å². The number of rotatable bonds is 10. The van der Waals surface area contributed by atoms with Crippen LogP contribution in [-0.2, 0) is 11.3 Å². The van der Waals surface area contributed by atoms with E-state index in [1.165, 1.54) is 21.3 Å². The maximum atomic E-state index is 13.4. The summed E-state index contributed by atoms with van der Waals surface area (Å²) < 4.78 is 16.5. The third-order valence-corrected chi connectivity index (χ3v) is 5.12. The number of anilines is 1. The third kappa shape index (κ3) is 5.54. The Morgan fingerprint density at radius 1 is 0.909 bits per heavy atom. The van der Waals surface area contributed by atoms with Crippen molar-refractivity contribution in [3.8, 4) is 17.2 Å². The maximum absolute atomic E-state index is 13.4. The summed E-state index contributed by atoms with van der Waals surface area (Å²) in [6, 6.07) is 19.3. The minimum Gasteiger partial charge on any atom is -0.493 e. The molecule has 0 aromatic heterocycles. The fraction of sp³-hybridized carbons (Fsp3) is 0.200. The van der Waals surface area contributed by atoms with Crippen LogP contribution in [0.1, 0.15) is 22.7 Å². The van der Waals surface area contributed by atoms with Crippen molar-refractivity contribution in [2.45, 2.75) is 12.6 Å². The number of ether oxygens (including phenoxy) is 3. The standard InChI is InChI=1S/C25H28N4O4/c1-31-20-14-13-19(22(32-2)23(20)33-3)21(25(30)28-15-16-7-5-4-6-8-16)29-18-11-9-17(10-12-18)24(26)27/h4-14,21,29H,15H2,1-3H3,(H3,26,27)(H,28,30)/t21-/m1/s1. The number of benzene rings is 3. The zero-order valence-corrected chi connectivity index (χ0v) is 18.8. The highest BCUT2D eigenvalue weighted by molar-refractivity contribution is 5.95. The quantitative estimate of drug-likeness (QED) is 0.279. The number of hydrogen-bond acceptors (Lipinski definition) is 6.